The lowest BCUT2D eigenvalue weighted by Crippen LogP contribution is -2.64. The lowest BCUT2D eigenvalue weighted by Gasteiger charge is -2.46. The summed E-state index contributed by atoms with van der Waals surface area (Å²) in [5, 5.41) is 64.9. The van der Waals surface area contributed by atoms with Gasteiger partial charge in [0.25, 0.3) is 0 Å². The highest BCUT2D eigenvalue weighted by atomic mass is 28.3. The van der Waals surface area contributed by atoms with Crippen LogP contribution < -0.4 is 34.8 Å². The first kappa shape index (κ1) is 80.8. The highest BCUT2D eigenvalue weighted by Gasteiger charge is 2.60. The SMILES string of the molecule is C.C=C1C(=O)C=CC2=C1[Si](C)(C)c1cc(N(C)C)ccc1C21OC(=O)c2ccccc21.CC.CC.CCc1c(O)ccc2c1OC1=CC(=[N+](C)C)C=CC1C2c1ccccc1CO.CN(C)c1ccc2c(c1)[Si](C)(C)c1c(ccc(O[C@@H]3O[C@H](CO)[C@H](O)[C@H](O)[C@H]3O)c1CF)C21OC(=O)c2ccccc21.[B]. The van der Waals surface area contributed by atoms with E-state index in [9.17, 15) is 45.0 Å². The van der Waals surface area contributed by atoms with Crippen molar-refractivity contribution >= 4 is 74.9 Å². The van der Waals surface area contributed by atoms with E-state index in [2.05, 4.69) is 90.8 Å². The van der Waals surface area contributed by atoms with Crippen molar-refractivity contribution in [3.8, 4) is 17.2 Å². The molecule has 8 aliphatic rings. The third-order valence-electron chi connectivity index (χ3n) is 21.2. The Bertz CT molecular complexity index is 4750. The first-order valence-electron chi connectivity index (χ1n) is 35.5. The maximum atomic E-state index is 15.3. The number of aliphatic hydroxyl groups excluding tert-OH is 5. The Hall–Kier alpha value is -9.29. The second kappa shape index (κ2) is 31.6. The van der Waals surface area contributed by atoms with Gasteiger partial charge in [0, 0.05) is 128 Å². The van der Waals surface area contributed by atoms with Crippen LogP contribution in [0.25, 0.3) is 0 Å². The number of anilines is 2. The monoisotopic (exact) mass is 1470 g/mol. The summed E-state index contributed by atoms with van der Waals surface area (Å²) in [5.41, 5.74) is 11.2. The summed E-state index contributed by atoms with van der Waals surface area (Å²) in [4.78, 5) is 42.9. The van der Waals surface area contributed by atoms with Gasteiger partial charge in [-0.2, -0.15) is 0 Å². The molecular formula is C85H99BFN3O14Si2+. The number of esters is 2. The summed E-state index contributed by atoms with van der Waals surface area (Å²) < 4.78 is 47.8. The summed E-state index contributed by atoms with van der Waals surface area (Å²) in [5.74, 6) is 1.14. The van der Waals surface area contributed by atoms with E-state index in [4.69, 9.17) is 23.7 Å². The molecule has 555 valence electrons. The zero-order valence-corrected chi connectivity index (χ0v) is 64.4. The number of rotatable bonds is 9. The van der Waals surface area contributed by atoms with Gasteiger partial charge in [-0.25, -0.2) is 18.6 Å². The van der Waals surface area contributed by atoms with Crippen LogP contribution in [-0.2, 0) is 49.9 Å². The van der Waals surface area contributed by atoms with E-state index in [1.54, 1.807) is 36.4 Å². The second-order valence-corrected chi connectivity index (χ2v) is 36.7. The van der Waals surface area contributed by atoms with Gasteiger partial charge < -0.3 is 64.1 Å². The molecule has 0 aromatic heterocycles. The van der Waals surface area contributed by atoms with Crippen LogP contribution in [0.3, 0.4) is 0 Å². The van der Waals surface area contributed by atoms with E-state index in [0.29, 0.717) is 39.4 Å². The minimum absolute atomic E-state index is 0. The highest BCUT2D eigenvalue weighted by molar-refractivity contribution is 7.02. The van der Waals surface area contributed by atoms with Crippen LogP contribution in [0.1, 0.15) is 124 Å². The van der Waals surface area contributed by atoms with E-state index in [0.717, 1.165) is 83.5 Å². The van der Waals surface area contributed by atoms with Gasteiger partial charge in [-0.05, 0) is 92.9 Å². The average molecular weight is 1470 g/mol. The Morgan fingerprint density at radius 3 is 1.78 bits per heavy atom. The summed E-state index contributed by atoms with van der Waals surface area (Å²) in [7, 11) is 6.87. The van der Waals surface area contributed by atoms with Crippen molar-refractivity contribution in [1.82, 2.24) is 0 Å². The third-order valence-corrected chi connectivity index (χ3v) is 28.3. The zero-order valence-electron chi connectivity index (χ0n) is 62.4. The lowest BCUT2D eigenvalue weighted by atomic mass is 9.74. The average Bonchev–Trinajstić information content (AvgIpc) is 1.37. The first-order chi connectivity index (χ1) is 49.7. The Morgan fingerprint density at radius 2 is 1.21 bits per heavy atom. The number of alkyl halides is 1. The zero-order chi connectivity index (χ0) is 75.4. The minimum Gasteiger partial charge on any atom is -0.508 e. The normalized spacial score (nSPS) is 23.5. The molecule has 21 heteroatoms. The summed E-state index contributed by atoms with van der Waals surface area (Å²) in [6.07, 6.45) is 2.95. The number of hydrogen-bond acceptors (Lipinski definition) is 16. The molecule has 106 heavy (non-hydrogen) atoms. The summed E-state index contributed by atoms with van der Waals surface area (Å²) >= 11 is 0. The predicted octanol–water partition coefficient (Wildman–Crippen LogP) is 10.7. The standard InChI is InChI=1S/C31H34FNO8Si.C25H23NO3Si.C24H25NO3.2C2H6.CH4.B/c1-33(2)16-9-10-20-24(13-16)42(3,4)28-18(14-32)22(39-30-27(37)26(36)25(35)23(15-34)40-30)12-11-21(28)31(20)19-8-6-5-7-17(19)29(38)41-31;1-15-21(27)13-12-20-23(15)30(4,5)22-14-16(26(2)3)10-11-19(22)25(20)18-9-7-6-8-17(18)24(28)29-25;1-4-17-21(27)12-11-20-23(18-8-6-5-7-15(18)14-26)19-10-9-16(25(2)3)13-22(19)28-24(17)20;2*1-2;;/h5-13,23,25-27,30,34-37H,14-15H2,1-4H3;6-14H,1H2,2-5H3;5-13,19,23,26H,4,14H2,1-3H3;2*1-2H3;1H4;/p+1/t23-,25+,26+,27-,30-,31?;;;;;;/m1....../s1. The third kappa shape index (κ3) is 13.1. The van der Waals surface area contributed by atoms with Crippen LogP contribution >= 0.6 is 0 Å². The number of phenolic OH excluding ortho intramolecular Hbond substituents is 1. The van der Waals surface area contributed by atoms with Crippen LogP contribution in [0.15, 0.2) is 193 Å². The summed E-state index contributed by atoms with van der Waals surface area (Å²) in [6.45, 7) is 21.3. The van der Waals surface area contributed by atoms with E-state index in [1.807, 2.05) is 161 Å². The van der Waals surface area contributed by atoms with Crippen LogP contribution in [0.2, 0.25) is 26.2 Å². The molecule has 1 fully saturated rings. The number of fused-ring (bicyclic) bond motifs is 13. The number of benzene rings is 7. The molecule has 2 aliphatic carbocycles. The molecule has 1 saturated heterocycles. The van der Waals surface area contributed by atoms with Crippen LogP contribution in [-0.4, -0.2) is 163 Å². The van der Waals surface area contributed by atoms with Gasteiger partial charge in [0.2, 0.25) is 12.0 Å². The largest absolute Gasteiger partial charge is 0.508 e. The Morgan fingerprint density at radius 1 is 0.651 bits per heavy atom. The quantitative estimate of drug-likeness (QED) is 0.0342. The van der Waals surface area contributed by atoms with Gasteiger partial charge in [0.15, 0.2) is 17.0 Å². The van der Waals surface area contributed by atoms with Gasteiger partial charge in [-0.1, -0.05) is 172 Å². The Kier molecular flexibility index (Phi) is 24.1. The minimum atomic E-state index is -2.74. The fraction of sp³-hybridized carbons (Fsp3) is 0.341. The molecule has 6 heterocycles. The molecule has 6 N–H and O–H groups in total. The fourth-order valence-corrected chi connectivity index (χ4v) is 23.2. The second-order valence-electron chi connectivity index (χ2n) is 28.1. The number of allylic oxidation sites excluding steroid dienone is 6. The topological polar surface area (TPSA) is 228 Å². The van der Waals surface area contributed by atoms with E-state index in [1.165, 1.54) is 5.19 Å². The maximum absolute atomic E-state index is 15.3. The Labute approximate surface area is 626 Å². The number of carbonyl (C=O) groups excluding carboxylic acids is 3. The molecule has 6 aliphatic heterocycles. The molecule has 0 saturated carbocycles. The highest BCUT2D eigenvalue weighted by Crippen LogP contribution is 2.56. The van der Waals surface area contributed by atoms with Crippen molar-refractivity contribution in [2.75, 3.05) is 58.7 Å². The van der Waals surface area contributed by atoms with Gasteiger partial charge >= 0.3 is 11.9 Å². The van der Waals surface area contributed by atoms with Crippen LogP contribution in [0.5, 0.6) is 17.2 Å². The predicted molar refractivity (Wildman–Crippen MR) is 421 cm³/mol. The molecule has 3 radical (unpaired) electrons. The van der Waals surface area contributed by atoms with Gasteiger partial charge in [-0.15, -0.1) is 0 Å². The van der Waals surface area contributed by atoms with Gasteiger partial charge in [-0.3, -0.25) is 4.79 Å². The number of ketones is 1. The molecule has 4 unspecified atom stereocenters. The number of ether oxygens (including phenoxy) is 5. The molecule has 15 rings (SSSR count). The van der Waals surface area contributed by atoms with Crippen molar-refractivity contribution in [2.24, 2.45) is 5.92 Å². The Balaban J connectivity index is 0.000000182. The molecular weight excluding hydrogens is 1370 g/mol. The lowest BCUT2D eigenvalue weighted by molar-refractivity contribution is -0.462. The molecule has 2 spiro atoms. The van der Waals surface area contributed by atoms with Crippen molar-refractivity contribution in [1.29, 1.82) is 0 Å². The van der Waals surface area contributed by atoms with Gasteiger partial charge in [0.05, 0.1) is 24.3 Å². The van der Waals surface area contributed by atoms with E-state index in [-0.39, 0.29) is 63.1 Å². The number of nitrogens with zero attached hydrogens (tertiary/aromatic N) is 3. The molecule has 17 nitrogen and oxygen atoms in total. The fourth-order valence-electron chi connectivity index (χ4n) is 16.1. The summed E-state index contributed by atoms with van der Waals surface area (Å²) in [6, 6.07) is 42.2. The van der Waals surface area contributed by atoms with Crippen molar-refractivity contribution in [3.05, 3.63) is 259 Å². The number of halogens is 1. The van der Waals surface area contributed by atoms with Crippen molar-refractivity contribution < 1.29 is 77.7 Å². The molecule has 0 bridgehead atoms. The molecule has 9 atom stereocenters. The van der Waals surface area contributed by atoms with Crippen LogP contribution in [0.4, 0.5) is 15.8 Å². The van der Waals surface area contributed by atoms with E-state index < -0.39 is 77.3 Å². The first-order valence-corrected chi connectivity index (χ1v) is 41.5. The van der Waals surface area contributed by atoms with Gasteiger partial charge in [0.1, 0.15) is 84.3 Å². The number of aliphatic hydroxyl groups is 5. The number of aromatic hydroxyl groups is 1. The molecule has 0 amide bonds. The van der Waals surface area contributed by atoms with Crippen molar-refractivity contribution in [3.63, 3.8) is 0 Å². The molecule has 7 aromatic carbocycles. The molecule has 7 aromatic rings. The maximum Gasteiger partial charge on any atom is 0.340 e. The van der Waals surface area contributed by atoms with Crippen LogP contribution in [0, 0.1) is 5.92 Å². The smallest absolute Gasteiger partial charge is 0.340 e. The van der Waals surface area contributed by atoms with E-state index >= 15 is 4.39 Å². The number of phenols is 1. The van der Waals surface area contributed by atoms with Crippen molar-refractivity contribution in [2.45, 2.75) is 136 Å². The number of carbonyl (C=O) groups is 3. The number of hydrogen-bond donors (Lipinski definition) is 6.